The fourth-order valence-electron chi connectivity index (χ4n) is 0.263. The molecule has 1 nitrogen and oxygen atoms in total. The average Bonchev–Trinajstić information content (AvgIpc) is 1.69. The molecule has 0 aliphatic rings. The summed E-state index contributed by atoms with van der Waals surface area (Å²) < 4.78 is 0. The highest BCUT2D eigenvalue weighted by atomic mass is 14.8. The lowest BCUT2D eigenvalue weighted by Gasteiger charge is -1.77. The maximum atomic E-state index is 2.87. The van der Waals surface area contributed by atoms with Crippen LogP contribution in [-0.2, 0) is 0 Å². The predicted octanol–water partition coefficient (Wildman–Crippen LogP) is 1.30. The van der Waals surface area contributed by atoms with Gasteiger partial charge in [-0.05, 0) is 19.2 Å². The first-order valence-corrected chi connectivity index (χ1v) is 2.37. The van der Waals surface area contributed by atoms with E-state index in [1.165, 1.54) is 0 Å². The van der Waals surface area contributed by atoms with Crippen molar-refractivity contribution in [3.63, 3.8) is 0 Å². The molecule has 0 radical (unpaired) electrons. The van der Waals surface area contributed by atoms with E-state index in [-0.39, 0.29) is 0 Å². The van der Waals surface area contributed by atoms with E-state index < -0.39 is 0 Å². The second kappa shape index (κ2) is 5.28. The Morgan fingerprint density at radius 2 is 2.00 bits per heavy atom. The number of hydrogen-bond acceptors (Lipinski definition) is 1. The lowest BCUT2D eigenvalue weighted by atomic mass is 10.5. The fraction of sp³-hybridized carbons (Fsp3) is 0.333. The van der Waals surface area contributed by atoms with Crippen molar-refractivity contribution in [3.05, 3.63) is 24.4 Å². The van der Waals surface area contributed by atoms with Gasteiger partial charge in [0, 0.05) is 7.05 Å². The van der Waals surface area contributed by atoms with E-state index in [1.54, 1.807) is 0 Å². The van der Waals surface area contributed by atoms with Gasteiger partial charge in [-0.25, -0.2) is 0 Å². The molecule has 0 spiro atoms. The van der Waals surface area contributed by atoms with Gasteiger partial charge in [0.2, 0.25) is 0 Å². The molecule has 0 aromatic rings. The topological polar surface area (TPSA) is 12.0 Å². The molecule has 7 heavy (non-hydrogen) atoms. The van der Waals surface area contributed by atoms with Gasteiger partial charge in [-0.3, -0.25) is 0 Å². The minimum absolute atomic E-state index is 1.88. The third-order valence-corrected chi connectivity index (χ3v) is 0.566. The Hall–Kier alpha value is -0.720. The van der Waals surface area contributed by atoms with Crippen LogP contribution in [0.2, 0.25) is 0 Å². The van der Waals surface area contributed by atoms with Crippen LogP contribution >= 0.6 is 0 Å². The Labute approximate surface area is 44.7 Å². The number of nitrogens with one attached hydrogen (secondary N) is 1. The van der Waals surface area contributed by atoms with Crippen LogP contribution in [0.25, 0.3) is 0 Å². The molecule has 0 fully saturated rings. The van der Waals surface area contributed by atoms with Gasteiger partial charge in [0.15, 0.2) is 0 Å². The Kier molecular flexibility index (Phi) is 4.74. The molecule has 0 unspecified atom stereocenters. The average molecular weight is 97.2 g/mol. The van der Waals surface area contributed by atoms with Gasteiger partial charge >= 0.3 is 0 Å². The molecular weight excluding hydrogens is 86.1 g/mol. The molecule has 0 saturated heterocycles. The van der Waals surface area contributed by atoms with Crippen LogP contribution in [0.3, 0.4) is 0 Å². The summed E-state index contributed by atoms with van der Waals surface area (Å²) in [6.45, 7) is 1.99. The largest absolute Gasteiger partial charge is 0.394 e. The molecule has 40 valence electrons. The maximum Gasteiger partial charge on any atom is 0.00277 e. The van der Waals surface area contributed by atoms with Gasteiger partial charge in [-0.1, -0.05) is 12.2 Å². The number of hydrogen-bond donors (Lipinski definition) is 1. The normalized spacial score (nSPS) is 11.1. The van der Waals surface area contributed by atoms with Gasteiger partial charge in [-0.15, -0.1) is 0 Å². The highest BCUT2D eigenvalue weighted by Gasteiger charge is 1.54. The molecule has 1 N–H and O–H groups in total. The van der Waals surface area contributed by atoms with Crippen LogP contribution in [0.4, 0.5) is 0 Å². The van der Waals surface area contributed by atoms with Gasteiger partial charge in [0.25, 0.3) is 0 Å². The van der Waals surface area contributed by atoms with E-state index in [1.807, 2.05) is 38.4 Å². The summed E-state index contributed by atoms with van der Waals surface area (Å²) in [7, 11) is 1.88. The molecule has 0 heterocycles. The van der Waals surface area contributed by atoms with Crippen molar-refractivity contribution in [3.8, 4) is 0 Å². The van der Waals surface area contributed by atoms with E-state index in [9.17, 15) is 0 Å². The van der Waals surface area contributed by atoms with Crippen molar-refractivity contribution in [2.24, 2.45) is 0 Å². The molecule has 0 saturated carbocycles. The highest BCUT2D eigenvalue weighted by molar-refractivity contribution is 4.99. The molecule has 0 aromatic carbocycles. The van der Waals surface area contributed by atoms with Crippen LogP contribution in [-0.4, -0.2) is 7.05 Å². The number of allylic oxidation sites excluding steroid dienone is 3. The van der Waals surface area contributed by atoms with Gasteiger partial charge < -0.3 is 5.32 Å². The summed E-state index contributed by atoms with van der Waals surface area (Å²) >= 11 is 0. The minimum Gasteiger partial charge on any atom is -0.394 e. The highest BCUT2D eigenvalue weighted by Crippen LogP contribution is 1.69. The van der Waals surface area contributed by atoms with E-state index in [4.69, 9.17) is 0 Å². The Bertz CT molecular complexity index is 72.2. The van der Waals surface area contributed by atoms with Crippen LogP contribution in [0, 0.1) is 0 Å². The zero-order chi connectivity index (χ0) is 5.54. The molecule has 0 rings (SSSR count). The third kappa shape index (κ3) is 5.28. The van der Waals surface area contributed by atoms with Crippen molar-refractivity contribution >= 4 is 0 Å². The quantitative estimate of drug-likeness (QED) is 0.512. The predicted molar refractivity (Wildman–Crippen MR) is 33.0 cm³/mol. The van der Waals surface area contributed by atoms with Crippen molar-refractivity contribution < 1.29 is 0 Å². The van der Waals surface area contributed by atoms with Crippen molar-refractivity contribution in [1.29, 1.82) is 0 Å². The Balaban J connectivity index is 3.09. The van der Waals surface area contributed by atoms with Crippen LogP contribution in [0.15, 0.2) is 24.4 Å². The second-order valence-electron chi connectivity index (χ2n) is 1.17. The standard InChI is InChI=1S/C6H11N/c1-3-4-5-6-7-2/h3-7H,1-2H3/b4-3-,6-5+. The minimum atomic E-state index is 1.88. The van der Waals surface area contributed by atoms with Gasteiger partial charge in [0.1, 0.15) is 0 Å². The zero-order valence-corrected chi connectivity index (χ0v) is 4.81. The van der Waals surface area contributed by atoms with E-state index in [2.05, 4.69) is 5.32 Å². The van der Waals surface area contributed by atoms with Crippen molar-refractivity contribution in [2.45, 2.75) is 6.92 Å². The number of rotatable bonds is 2. The first kappa shape index (κ1) is 6.28. The first-order chi connectivity index (χ1) is 3.41. The SMILES string of the molecule is C/C=C\C=C\NC. The zero-order valence-electron chi connectivity index (χ0n) is 4.81. The van der Waals surface area contributed by atoms with E-state index in [0.29, 0.717) is 0 Å². The Morgan fingerprint density at radius 3 is 2.43 bits per heavy atom. The third-order valence-electron chi connectivity index (χ3n) is 0.566. The first-order valence-electron chi connectivity index (χ1n) is 2.37. The molecule has 0 aliphatic carbocycles. The summed E-state index contributed by atoms with van der Waals surface area (Å²) in [5.74, 6) is 0. The monoisotopic (exact) mass is 97.1 g/mol. The lowest BCUT2D eigenvalue weighted by Crippen LogP contribution is -1.89. The van der Waals surface area contributed by atoms with Crippen molar-refractivity contribution in [1.82, 2.24) is 5.32 Å². The van der Waals surface area contributed by atoms with Crippen LogP contribution in [0.5, 0.6) is 0 Å². The summed E-state index contributed by atoms with van der Waals surface area (Å²) in [5.41, 5.74) is 0. The smallest absolute Gasteiger partial charge is 0.00277 e. The molecule has 0 bridgehead atoms. The van der Waals surface area contributed by atoms with Gasteiger partial charge in [0.05, 0.1) is 0 Å². The molecule has 0 atom stereocenters. The van der Waals surface area contributed by atoms with Gasteiger partial charge in [-0.2, -0.15) is 0 Å². The maximum absolute atomic E-state index is 2.87. The summed E-state index contributed by atoms with van der Waals surface area (Å²) in [4.78, 5) is 0. The molecule has 0 aliphatic heterocycles. The summed E-state index contributed by atoms with van der Waals surface area (Å²) in [6, 6.07) is 0. The molecular formula is C6H11N. The summed E-state index contributed by atoms with van der Waals surface area (Å²) in [6.07, 6.45) is 7.77. The fourth-order valence-corrected chi connectivity index (χ4v) is 0.263. The van der Waals surface area contributed by atoms with Crippen molar-refractivity contribution in [2.75, 3.05) is 7.05 Å². The second-order valence-corrected chi connectivity index (χ2v) is 1.17. The molecule has 0 aromatic heterocycles. The molecule has 1 heteroatoms. The van der Waals surface area contributed by atoms with E-state index in [0.717, 1.165) is 0 Å². The molecule has 0 amide bonds. The van der Waals surface area contributed by atoms with Crippen LogP contribution < -0.4 is 5.32 Å². The van der Waals surface area contributed by atoms with Crippen LogP contribution in [0.1, 0.15) is 6.92 Å². The lowest BCUT2D eigenvalue weighted by molar-refractivity contribution is 1.10. The Morgan fingerprint density at radius 1 is 1.29 bits per heavy atom. The summed E-state index contributed by atoms with van der Waals surface area (Å²) in [5, 5.41) is 2.87. The van der Waals surface area contributed by atoms with E-state index >= 15 is 0 Å².